The summed E-state index contributed by atoms with van der Waals surface area (Å²) in [4.78, 5) is 17.1. The van der Waals surface area contributed by atoms with Crippen molar-refractivity contribution in [1.82, 2.24) is 9.80 Å². The predicted octanol–water partition coefficient (Wildman–Crippen LogP) is 1.90. The highest BCUT2D eigenvalue weighted by molar-refractivity contribution is 5.99. The average molecular weight is 276 g/mol. The molecule has 20 heavy (non-hydrogen) atoms. The number of ether oxygens (including phenoxy) is 1. The number of carbonyl (C=O) groups excluding carboxylic acids is 1. The Bertz CT molecular complexity index is 462. The van der Waals surface area contributed by atoms with Crippen molar-refractivity contribution in [1.29, 1.82) is 0 Å². The topological polar surface area (TPSA) is 32.8 Å². The number of nitrogens with zero attached hydrogens (tertiary/aromatic N) is 2. The van der Waals surface area contributed by atoms with Gasteiger partial charge in [0.1, 0.15) is 5.75 Å². The van der Waals surface area contributed by atoms with Crippen molar-refractivity contribution in [2.45, 2.75) is 19.4 Å². The summed E-state index contributed by atoms with van der Waals surface area (Å²) in [5.74, 6) is 0.869. The van der Waals surface area contributed by atoms with E-state index < -0.39 is 0 Å². The summed E-state index contributed by atoms with van der Waals surface area (Å²) in [6.45, 7) is 5.54. The number of Topliss-reactive ketones (excluding diaryl/α,β-unsaturated/α-hetero) is 1. The van der Waals surface area contributed by atoms with E-state index in [0.717, 1.165) is 19.6 Å². The second kappa shape index (κ2) is 6.86. The van der Waals surface area contributed by atoms with E-state index in [0.29, 0.717) is 24.3 Å². The fourth-order valence-corrected chi connectivity index (χ4v) is 2.62. The maximum absolute atomic E-state index is 12.5. The molecule has 1 saturated heterocycles. The van der Waals surface area contributed by atoms with Crippen LogP contribution in [0, 0.1) is 0 Å². The number of carbonyl (C=O) groups is 1. The minimum absolute atomic E-state index is 0.168. The molecule has 0 radical (unpaired) electrons. The third-order valence-electron chi connectivity index (χ3n) is 3.89. The first-order chi connectivity index (χ1) is 9.61. The molecule has 0 spiro atoms. The Labute approximate surface area is 121 Å². The van der Waals surface area contributed by atoms with E-state index in [1.165, 1.54) is 0 Å². The molecule has 110 valence electrons. The van der Waals surface area contributed by atoms with Crippen molar-refractivity contribution in [3.8, 4) is 5.75 Å². The summed E-state index contributed by atoms with van der Waals surface area (Å²) in [5.41, 5.74) is 0.705. The Hall–Kier alpha value is -1.39. The number of ketones is 1. The molecule has 1 aromatic carbocycles. The van der Waals surface area contributed by atoms with Gasteiger partial charge in [-0.1, -0.05) is 12.1 Å². The standard InChI is InChI=1S/C16H24N2O2/c1-4-20-16-8-6-5-7-14(16)15(19)11-13-12-17(2)9-10-18(13)3/h5-8,13H,4,9-12H2,1-3H3. The largest absolute Gasteiger partial charge is 0.493 e. The number of rotatable bonds is 5. The molecule has 1 heterocycles. The van der Waals surface area contributed by atoms with Crippen LogP contribution in [0.15, 0.2) is 24.3 Å². The highest BCUT2D eigenvalue weighted by Crippen LogP contribution is 2.21. The Morgan fingerprint density at radius 3 is 2.80 bits per heavy atom. The van der Waals surface area contributed by atoms with E-state index in [-0.39, 0.29) is 11.8 Å². The summed E-state index contributed by atoms with van der Waals surface area (Å²) < 4.78 is 5.55. The first kappa shape index (κ1) is 15.0. The molecule has 4 heteroatoms. The molecule has 0 amide bonds. The van der Waals surface area contributed by atoms with Gasteiger partial charge in [0.25, 0.3) is 0 Å². The molecule has 1 fully saturated rings. The van der Waals surface area contributed by atoms with Gasteiger partial charge in [-0.05, 0) is 33.2 Å². The smallest absolute Gasteiger partial charge is 0.168 e. The lowest BCUT2D eigenvalue weighted by atomic mass is 10.0. The van der Waals surface area contributed by atoms with Gasteiger partial charge in [-0.3, -0.25) is 4.79 Å². The quantitative estimate of drug-likeness (QED) is 0.769. The molecule has 0 saturated carbocycles. The maximum Gasteiger partial charge on any atom is 0.168 e. The van der Waals surface area contributed by atoms with Crippen LogP contribution in [0.2, 0.25) is 0 Å². The number of piperazine rings is 1. The van der Waals surface area contributed by atoms with Gasteiger partial charge in [-0.2, -0.15) is 0 Å². The molecular weight excluding hydrogens is 252 g/mol. The van der Waals surface area contributed by atoms with Gasteiger partial charge in [-0.25, -0.2) is 0 Å². The minimum Gasteiger partial charge on any atom is -0.493 e. The Morgan fingerprint density at radius 1 is 1.30 bits per heavy atom. The van der Waals surface area contributed by atoms with Crippen LogP contribution in [-0.4, -0.2) is 62.0 Å². The molecule has 0 N–H and O–H groups in total. The third kappa shape index (κ3) is 3.58. The molecule has 0 bridgehead atoms. The van der Waals surface area contributed by atoms with E-state index in [4.69, 9.17) is 4.74 Å². The first-order valence-corrected chi connectivity index (χ1v) is 7.25. The molecule has 0 aromatic heterocycles. The second-order valence-corrected chi connectivity index (χ2v) is 5.45. The van der Waals surface area contributed by atoms with Crippen LogP contribution in [0.25, 0.3) is 0 Å². The number of hydrogen-bond donors (Lipinski definition) is 0. The van der Waals surface area contributed by atoms with E-state index in [1.807, 2.05) is 31.2 Å². The van der Waals surface area contributed by atoms with Crippen LogP contribution < -0.4 is 4.74 Å². The fourth-order valence-electron chi connectivity index (χ4n) is 2.62. The van der Waals surface area contributed by atoms with Crippen molar-refractivity contribution in [2.75, 3.05) is 40.3 Å². The van der Waals surface area contributed by atoms with Crippen LogP contribution in [0.3, 0.4) is 0 Å². The van der Waals surface area contributed by atoms with Gasteiger partial charge in [0.05, 0.1) is 12.2 Å². The van der Waals surface area contributed by atoms with Crippen molar-refractivity contribution < 1.29 is 9.53 Å². The number of para-hydroxylation sites is 1. The van der Waals surface area contributed by atoms with Gasteiger partial charge in [0.2, 0.25) is 0 Å². The zero-order valence-corrected chi connectivity index (χ0v) is 12.6. The zero-order chi connectivity index (χ0) is 14.5. The molecule has 1 atom stereocenters. The van der Waals surface area contributed by atoms with Gasteiger partial charge in [0.15, 0.2) is 5.78 Å². The normalized spacial score (nSPS) is 20.9. The lowest BCUT2D eigenvalue weighted by molar-refractivity contribution is 0.0807. The third-order valence-corrected chi connectivity index (χ3v) is 3.89. The zero-order valence-electron chi connectivity index (χ0n) is 12.6. The number of likely N-dealkylation sites (N-methyl/N-ethyl adjacent to an activating group) is 2. The van der Waals surface area contributed by atoms with Crippen LogP contribution in [0.4, 0.5) is 0 Å². The summed E-state index contributed by atoms with van der Waals surface area (Å²) in [5, 5.41) is 0. The van der Waals surface area contributed by atoms with E-state index in [1.54, 1.807) is 0 Å². The van der Waals surface area contributed by atoms with Crippen LogP contribution in [0.5, 0.6) is 5.75 Å². The summed E-state index contributed by atoms with van der Waals surface area (Å²) in [6, 6.07) is 7.82. The van der Waals surface area contributed by atoms with Gasteiger partial charge in [0, 0.05) is 32.1 Å². The van der Waals surface area contributed by atoms with E-state index in [9.17, 15) is 4.79 Å². The molecule has 1 aliphatic rings. The Morgan fingerprint density at radius 2 is 2.05 bits per heavy atom. The minimum atomic E-state index is 0.168. The molecule has 1 unspecified atom stereocenters. The lowest BCUT2D eigenvalue weighted by Gasteiger charge is -2.37. The summed E-state index contributed by atoms with van der Waals surface area (Å²) in [6.07, 6.45) is 0.547. The number of benzene rings is 1. The first-order valence-electron chi connectivity index (χ1n) is 7.25. The molecular formula is C16H24N2O2. The maximum atomic E-state index is 12.5. The average Bonchev–Trinajstić information content (AvgIpc) is 2.44. The lowest BCUT2D eigenvalue weighted by Crippen LogP contribution is -2.50. The van der Waals surface area contributed by atoms with Crippen LogP contribution >= 0.6 is 0 Å². The van der Waals surface area contributed by atoms with Crippen molar-refractivity contribution in [2.24, 2.45) is 0 Å². The molecule has 0 aliphatic carbocycles. The molecule has 4 nitrogen and oxygen atoms in total. The summed E-state index contributed by atoms with van der Waals surface area (Å²) in [7, 11) is 4.21. The predicted molar refractivity (Wildman–Crippen MR) is 80.5 cm³/mol. The van der Waals surface area contributed by atoms with Crippen molar-refractivity contribution in [3.63, 3.8) is 0 Å². The van der Waals surface area contributed by atoms with Crippen molar-refractivity contribution in [3.05, 3.63) is 29.8 Å². The number of hydrogen-bond acceptors (Lipinski definition) is 4. The van der Waals surface area contributed by atoms with E-state index >= 15 is 0 Å². The highest BCUT2D eigenvalue weighted by Gasteiger charge is 2.25. The van der Waals surface area contributed by atoms with Crippen LogP contribution in [0.1, 0.15) is 23.7 Å². The SMILES string of the molecule is CCOc1ccccc1C(=O)CC1CN(C)CCN1C. The van der Waals surface area contributed by atoms with Gasteiger partial charge in [-0.15, -0.1) is 0 Å². The molecule has 1 aliphatic heterocycles. The monoisotopic (exact) mass is 276 g/mol. The second-order valence-electron chi connectivity index (χ2n) is 5.45. The Balaban J connectivity index is 2.07. The highest BCUT2D eigenvalue weighted by atomic mass is 16.5. The van der Waals surface area contributed by atoms with Crippen LogP contribution in [-0.2, 0) is 0 Å². The van der Waals surface area contributed by atoms with E-state index in [2.05, 4.69) is 23.9 Å². The Kier molecular flexibility index (Phi) is 5.15. The molecule has 2 rings (SSSR count). The van der Waals surface area contributed by atoms with Crippen molar-refractivity contribution >= 4 is 5.78 Å². The summed E-state index contributed by atoms with van der Waals surface area (Å²) >= 11 is 0. The molecule has 1 aromatic rings. The van der Waals surface area contributed by atoms with Gasteiger partial charge < -0.3 is 14.5 Å². The van der Waals surface area contributed by atoms with Gasteiger partial charge >= 0.3 is 0 Å². The fraction of sp³-hybridized carbons (Fsp3) is 0.562.